The van der Waals surface area contributed by atoms with Crippen molar-refractivity contribution in [1.29, 1.82) is 0 Å². The van der Waals surface area contributed by atoms with E-state index in [-0.39, 0.29) is 35.9 Å². The highest BCUT2D eigenvalue weighted by Gasteiger charge is 2.25. The zero-order chi connectivity index (χ0) is 16.7. The van der Waals surface area contributed by atoms with Crippen molar-refractivity contribution in [2.45, 2.75) is 12.5 Å². The predicted octanol–water partition coefficient (Wildman–Crippen LogP) is 2.67. The lowest BCUT2D eigenvalue weighted by molar-refractivity contribution is 0.106. The molecule has 0 amide bonds. The van der Waals surface area contributed by atoms with Crippen LogP contribution in [0.25, 0.3) is 0 Å². The standard InChI is InChI=1S/C17H26FN3O2.HI/c1-19-17(21-9-8-13(11-21)12-22-2)20-10-16(23-3)14-4-6-15(18)7-5-14;/h4-7,13,16H,8-12H2,1-3H3,(H,19,20);1H. The highest BCUT2D eigenvalue weighted by Crippen LogP contribution is 2.18. The van der Waals surface area contributed by atoms with Crippen LogP contribution < -0.4 is 5.32 Å². The van der Waals surface area contributed by atoms with Gasteiger partial charge in [-0.15, -0.1) is 24.0 Å². The van der Waals surface area contributed by atoms with E-state index in [1.165, 1.54) is 12.1 Å². The Morgan fingerprint density at radius 1 is 1.38 bits per heavy atom. The van der Waals surface area contributed by atoms with Gasteiger partial charge < -0.3 is 19.7 Å². The summed E-state index contributed by atoms with van der Waals surface area (Å²) in [6, 6.07) is 6.40. The first kappa shape index (κ1) is 21.1. The quantitative estimate of drug-likeness (QED) is 0.411. The van der Waals surface area contributed by atoms with Gasteiger partial charge in [0.05, 0.1) is 12.7 Å². The third-order valence-electron chi connectivity index (χ3n) is 4.17. The van der Waals surface area contributed by atoms with E-state index in [4.69, 9.17) is 9.47 Å². The van der Waals surface area contributed by atoms with E-state index in [0.717, 1.165) is 37.6 Å². The average molecular weight is 451 g/mol. The third kappa shape index (κ3) is 5.86. The van der Waals surface area contributed by atoms with Gasteiger partial charge in [-0.1, -0.05) is 12.1 Å². The normalized spacial score (nSPS) is 19.1. The van der Waals surface area contributed by atoms with Crippen molar-refractivity contribution in [3.63, 3.8) is 0 Å². The number of guanidine groups is 1. The first-order valence-electron chi connectivity index (χ1n) is 7.90. The van der Waals surface area contributed by atoms with Crippen LogP contribution in [0.15, 0.2) is 29.3 Å². The van der Waals surface area contributed by atoms with Gasteiger partial charge in [0.2, 0.25) is 0 Å². The molecule has 7 heteroatoms. The van der Waals surface area contributed by atoms with Crippen LogP contribution in [0.2, 0.25) is 0 Å². The third-order valence-corrected chi connectivity index (χ3v) is 4.17. The lowest BCUT2D eigenvalue weighted by Crippen LogP contribution is -2.42. The van der Waals surface area contributed by atoms with Crippen molar-refractivity contribution in [3.8, 4) is 0 Å². The Hall–Kier alpha value is -0.930. The Morgan fingerprint density at radius 2 is 2.08 bits per heavy atom. The minimum atomic E-state index is -0.242. The number of methoxy groups -OCH3 is 2. The van der Waals surface area contributed by atoms with E-state index in [0.29, 0.717) is 12.5 Å². The molecule has 0 bridgehead atoms. The number of hydrogen-bond donors (Lipinski definition) is 1. The molecule has 0 radical (unpaired) electrons. The number of nitrogens with zero attached hydrogens (tertiary/aromatic N) is 2. The molecule has 5 nitrogen and oxygen atoms in total. The highest BCUT2D eigenvalue weighted by atomic mass is 127. The van der Waals surface area contributed by atoms with E-state index in [2.05, 4.69) is 15.2 Å². The molecule has 2 unspecified atom stereocenters. The summed E-state index contributed by atoms with van der Waals surface area (Å²) < 4.78 is 23.8. The SMILES string of the molecule is CN=C(NCC(OC)c1ccc(F)cc1)N1CCC(COC)C1.I. The Labute approximate surface area is 160 Å². The zero-order valence-electron chi connectivity index (χ0n) is 14.5. The van der Waals surface area contributed by atoms with Crippen LogP contribution in [0, 0.1) is 11.7 Å². The summed E-state index contributed by atoms with van der Waals surface area (Å²) in [6.45, 7) is 3.29. The average Bonchev–Trinajstić information content (AvgIpc) is 3.02. The van der Waals surface area contributed by atoms with Gasteiger partial charge in [-0.3, -0.25) is 4.99 Å². The smallest absolute Gasteiger partial charge is 0.193 e. The van der Waals surface area contributed by atoms with Crippen LogP contribution >= 0.6 is 24.0 Å². The van der Waals surface area contributed by atoms with Crippen LogP contribution in [-0.4, -0.2) is 58.4 Å². The van der Waals surface area contributed by atoms with Gasteiger partial charge in [0.25, 0.3) is 0 Å². The summed E-state index contributed by atoms with van der Waals surface area (Å²) in [5.41, 5.74) is 0.940. The topological polar surface area (TPSA) is 46.1 Å². The molecule has 2 rings (SSSR count). The molecular weight excluding hydrogens is 424 g/mol. The monoisotopic (exact) mass is 451 g/mol. The number of nitrogens with one attached hydrogen (secondary N) is 1. The van der Waals surface area contributed by atoms with Gasteiger partial charge in [0, 0.05) is 46.8 Å². The molecule has 136 valence electrons. The van der Waals surface area contributed by atoms with E-state index in [1.807, 2.05) is 0 Å². The maximum Gasteiger partial charge on any atom is 0.193 e. The summed E-state index contributed by atoms with van der Waals surface area (Å²) >= 11 is 0. The molecule has 1 fully saturated rings. The summed E-state index contributed by atoms with van der Waals surface area (Å²) in [4.78, 5) is 6.59. The second-order valence-electron chi connectivity index (χ2n) is 5.76. The fourth-order valence-electron chi connectivity index (χ4n) is 2.93. The summed E-state index contributed by atoms with van der Waals surface area (Å²) in [5.74, 6) is 1.18. The fraction of sp³-hybridized carbons (Fsp3) is 0.588. The molecule has 24 heavy (non-hydrogen) atoms. The maximum absolute atomic E-state index is 13.0. The molecule has 2 atom stereocenters. The van der Waals surface area contributed by atoms with Gasteiger partial charge in [0.15, 0.2) is 5.96 Å². The molecule has 1 saturated heterocycles. The molecule has 1 aromatic carbocycles. The van der Waals surface area contributed by atoms with Crippen LogP contribution in [0.3, 0.4) is 0 Å². The Bertz CT molecular complexity index is 513. The van der Waals surface area contributed by atoms with Crippen molar-refractivity contribution in [3.05, 3.63) is 35.6 Å². The van der Waals surface area contributed by atoms with Crippen molar-refractivity contribution >= 4 is 29.9 Å². The number of hydrogen-bond acceptors (Lipinski definition) is 3. The summed E-state index contributed by atoms with van der Waals surface area (Å²) in [5, 5.41) is 3.35. The van der Waals surface area contributed by atoms with Crippen molar-refractivity contribution in [2.75, 3.05) is 47.5 Å². The van der Waals surface area contributed by atoms with Crippen LogP contribution in [0.5, 0.6) is 0 Å². The molecule has 0 aromatic heterocycles. The van der Waals surface area contributed by atoms with Crippen molar-refractivity contribution < 1.29 is 13.9 Å². The number of aliphatic imine (C=N–C) groups is 1. The summed E-state index contributed by atoms with van der Waals surface area (Å²) in [7, 11) is 5.18. The van der Waals surface area contributed by atoms with Gasteiger partial charge in [-0.25, -0.2) is 4.39 Å². The number of halogens is 2. The van der Waals surface area contributed by atoms with Gasteiger partial charge in [-0.05, 0) is 24.1 Å². The molecule has 1 heterocycles. The first-order chi connectivity index (χ1) is 11.2. The maximum atomic E-state index is 13.0. The summed E-state index contributed by atoms with van der Waals surface area (Å²) in [6.07, 6.45) is 0.963. The lowest BCUT2D eigenvalue weighted by Gasteiger charge is -2.24. The number of likely N-dealkylation sites (tertiary alicyclic amines) is 1. The predicted molar refractivity (Wildman–Crippen MR) is 104 cm³/mol. The number of benzene rings is 1. The molecule has 0 saturated carbocycles. The molecule has 1 aliphatic heterocycles. The highest BCUT2D eigenvalue weighted by molar-refractivity contribution is 14.0. The second-order valence-corrected chi connectivity index (χ2v) is 5.76. The first-order valence-corrected chi connectivity index (χ1v) is 7.90. The van der Waals surface area contributed by atoms with E-state index in [1.54, 1.807) is 33.4 Å². The minimum Gasteiger partial charge on any atom is -0.384 e. The van der Waals surface area contributed by atoms with Crippen molar-refractivity contribution in [1.82, 2.24) is 10.2 Å². The van der Waals surface area contributed by atoms with Crippen LogP contribution in [-0.2, 0) is 9.47 Å². The molecule has 1 aromatic rings. The minimum absolute atomic E-state index is 0. The van der Waals surface area contributed by atoms with E-state index in [9.17, 15) is 4.39 Å². The van der Waals surface area contributed by atoms with Gasteiger partial charge >= 0.3 is 0 Å². The Balaban J connectivity index is 0.00000288. The molecule has 0 spiro atoms. The second kappa shape index (κ2) is 10.8. The van der Waals surface area contributed by atoms with Gasteiger partial charge in [0.1, 0.15) is 5.82 Å². The van der Waals surface area contributed by atoms with Crippen molar-refractivity contribution in [2.24, 2.45) is 10.9 Å². The largest absolute Gasteiger partial charge is 0.384 e. The molecular formula is C17H27FIN3O2. The van der Waals surface area contributed by atoms with E-state index >= 15 is 0 Å². The Kier molecular flexibility index (Phi) is 9.53. The van der Waals surface area contributed by atoms with Crippen LogP contribution in [0.1, 0.15) is 18.1 Å². The fourth-order valence-corrected chi connectivity index (χ4v) is 2.93. The lowest BCUT2D eigenvalue weighted by atomic mass is 10.1. The molecule has 1 N–H and O–H groups in total. The number of ether oxygens (including phenoxy) is 2. The Morgan fingerprint density at radius 3 is 2.67 bits per heavy atom. The number of rotatable bonds is 6. The van der Waals surface area contributed by atoms with E-state index < -0.39 is 0 Å². The van der Waals surface area contributed by atoms with Gasteiger partial charge in [-0.2, -0.15) is 0 Å². The molecule has 0 aliphatic carbocycles. The van der Waals surface area contributed by atoms with Crippen LogP contribution in [0.4, 0.5) is 4.39 Å². The molecule has 1 aliphatic rings. The zero-order valence-corrected chi connectivity index (χ0v) is 16.8.